The zero-order valence-electron chi connectivity index (χ0n) is 16.0. The van der Waals surface area contributed by atoms with Crippen molar-refractivity contribution in [2.24, 2.45) is 0 Å². The van der Waals surface area contributed by atoms with E-state index in [0.29, 0.717) is 28.0 Å². The van der Waals surface area contributed by atoms with E-state index in [-0.39, 0.29) is 5.56 Å². The van der Waals surface area contributed by atoms with E-state index < -0.39 is 11.6 Å². The Hall–Kier alpha value is -3.60. The van der Waals surface area contributed by atoms with Crippen LogP contribution >= 0.6 is 0 Å². The molecule has 0 aliphatic carbocycles. The molecule has 4 aromatic rings. The van der Waals surface area contributed by atoms with Crippen LogP contribution in [0.4, 0.5) is 8.78 Å². The van der Waals surface area contributed by atoms with Crippen LogP contribution in [-0.2, 0) is 0 Å². The van der Waals surface area contributed by atoms with Gasteiger partial charge in [0.1, 0.15) is 5.82 Å². The van der Waals surface area contributed by atoms with Gasteiger partial charge in [-0.2, -0.15) is 0 Å². The molecule has 144 valence electrons. The second-order valence-electron chi connectivity index (χ2n) is 6.98. The first-order chi connectivity index (χ1) is 13.9. The molecule has 5 heteroatoms. The van der Waals surface area contributed by atoms with Crippen LogP contribution in [0.25, 0.3) is 28.7 Å². The fourth-order valence-electron chi connectivity index (χ4n) is 3.38. The van der Waals surface area contributed by atoms with Gasteiger partial charge in [0.25, 0.3) is 5.56 Å². The van der Waals surface area contributed by atoms with Crippen LogP contribution in [0, 0.1) is 25.5 Å². The molecule has 0 amide bonds. The maximum atomic E-state index is 13.5. The fraction of sp³-hybridized carbons (Fsp3) is 0.0833. The summed E-state index contributed by atoms with van der Waals surface area (Å²) in [4.78, 5) is 17.9. The van der Waals surface area contributed by atoms with Crippen molar-refractivity contribution in [1.82, 2.24) is 9.55 Å². The summed E-state index contributed by atoms with van der Waals surface area (Å²) in [5, 5.41) is 0.511. The molecule has 0 aliphatic rings. The smallest absolute Gasteiger partial charge is 0.266 e. The van der Waals surface area contributed by atoms with E-state index >= 15 is 0 Å². The first kappa shape index (κ1) is 18.7. The quantitative estimate of drug-likeness (QED) is 0.468. The number of aromatic nitrogens is 2. The Morgan fingerprint density at radius 3 is 2.31 bits per heavy atom. The van der Waals surface area contributed by atoms with Crippen LogP contribution < -0.4 is 5.56 Å². The SMILES string of the molecule is Cc1cc(C)cc(-n2c(/C=C\c3ccc(F)c(F)c3)nc3ccccc3c2=O)c1. The minimum Gasteiger partial charge on any atom is -0.268 e. The van der Waals surface area contributed by atoms with Crippen LogP contribution in [0.5, 0.6) is 0 Å². The maximum absolute atomic E-state index is 13.5. The molecule has 3 aromatic carbocycles. The minimum atomic E-state index is -0.926. The molecule has 0 radical (unpaired) electrons. The molecule has 0 saturated carbocycles. The molecular weight excluding hydrogens is 370 g/mol. The highest BCUT2D eigenvalue weighted by molar-refractivity contribution is 5.80. The van der Waals surface area contributed by atoms with Crippen molar-refractivity contribution in [3.05, 3.63) is 105 Å². The number of rotatable bonds is 3. The number of halogens is 2. The van der Waals surface area contributed by atoms with E-state index in [0.717, 1.165) is 23.3 Å². The van der Waals surface area contributed by atoms with Crippen molar-refractivity contribution in [1.29, 1.82) is 0 Å². The third-order valence-electron chi connectivity index (χ3n) is 4.63. The molecule has 0 unspecified atom stereocenters. The molecule has 0 saturated heterocycles. The summed E-state index contributed by atoms with van der Waals surface area (Å²) < 4.78 is 28.3. The first-order valence-electron chi connectivity index (χ1n) is 9.16. The van der Waals surface area contributed by atoms with Gasteiger partial charge in [-0.1, -0.05) is 30.3 Å². The van der Waals surface area contributed by atoms with Crippen LogP contribution in [0.15, 0.2) is 65.5 Å². The van der Waals surface area contributed by atoms with E-state index in [9.17, 15) is 13.6 Å². The number of hydrogen-bond donors (Lipinski definition) is 0. The average molecular weight is 388 g/mol. The molecule has 0 spiro atoms. The number of hydrogen-bond acceptors (Lipinski definition) is 2. The molecule has 3 nitrogen and oxygen atoms in total. The highest BCUT2D eigenvalue weighted by atomic mass is 19.2. The highest BCUT2D eigenvalue weighted by Gasteiger charge is 2.12. The van der Waals surface area contributed by atoms with Gasteiger partial charge >= 0.3 is 0 Å². The van der Waals surface area contributed by atoms with Gasteiger partial charge in [-0.3, -0.25) is 9.36 Å². The zero-order valence-corrected chi connectivity index (χ0v) is 16.0. The summed E-state index contributed by atoms with van der Waals surface area (Å²) in [6.45, 7) is 3.93. The lowest BCUT2D eigenvalue weighted by molar-refractivity contribution is 0.508. The zero-order chi connectivity index (χ0) is 20.5. The highest BCUT2D eigenvalue weighted by Crippen LogP contribution is 2.18. The number of fused-ring (bicyclic) bond motifs is 1. The summed E-state index contributed by atoms with van der Waals surface area (Å²) in [5.41, 5.74) is 3.61. The first-order valence-corrected chi connectivity index (χ1v) is 9.16. The van der Waals surface area contributed by atoms with Crippen molar-refractivity contribution in [3.8, 4) is 5.69 Å². The monoisotopic (exact) mass is 388 g/mol. The van der Waals surface area contributed by atoms with Crippen LogP contribution in [0.1, 0.15) is 22.5 Å². The number of para-hydroxylation sites is 1. The van der Waals surface area contributed by atoms with Crippen LogP contribution in [0.3, 0.4) is 0 Å². The van der Waals surface area contributed by atoms with Gasteiger partial charge in [-0.15, -0.1) is 0 Å². The summed E-state index contributed by atoms with van der Waals surface area (Å²) >= 11 is 0. The van der Waals surface area contributed by atoms with Gasteiger partial charge in [0, 0.05) is 0 Å². The molecule has 29 heavy (non-hydrogen) atoms. The van der Waals surface area contributed by atoms with E-state index in [2.05, 4.69) is 4.98 Å². The Morgan fingerprint density at radius 1 is 0.862 bits per heavy atom. The fourth-order valence-corrected chi connectivity index (χ4v) is 3.38. The molecule has 1 aromatic heterocycles. The lowest BCUT2D eigenvalue weighted by Crippen LogP contribution is -2.22. The Kier molecular flexibility index (Phi) is 4.80. The second-order valence-corrected chi connectivity index (χ2v) is 6.98. The predicted octanol–water partition coefficient (Wildman–Crippen LogP) is 5.45. The van der Waals surface area contributed by atoms with Crippen molar-refractivity contribution in [2.45, 2.75) is 13.8 Å². The van der Waals surface area contributed by atoms with Crippen LogP contribution in [-0.4, -0.2) is 9.55 Å². The van der Waals surface area contributed by atoms with Crippen LogP contribution in [0.2, 0.25) is 0 Å². The molecule has 0 fully saturated rings. The summed E-state index contributed by atoms with van der Waals surface area (Å²) in [6, 6.07) is 16.6. The Morgan fingerprint density at radius 2 is 1.59 bits per heavy atom. The largest absolute Gasteiger partial charge is 0.268 e. The van der Waals surface area contributed by atoms with Gasteiger partial charge in [-0.05, 0) is 73.0 Å². The van der Waals surface area contributed by atoms with Crippen molar-refractivity contribution >= 4 is 23.1 Å². The predicted molar refractivity (Wildman–Crippen MR) is 112 cm³/mol. The van der Waals surface area contributed by atoms with E-state index in [1.165, 1.54) is 6.07 Å². The maximum Gasteiger partial charge on any atom is 0.266 e. The van der Waals surface area contributed by atoms with E-state index in [1.54, 1.807) is 34.9 Å². The second kappa shape index (κ2) is 7.43. The van der Waals surface area contributed by atoms with Gasteiger partial charge in [0.2, 0.25) is 0 Å². The van der Waals surface area contributed by atoms with E-state index in [1.807, 2.05) is 38.1 Å². The molecule has 0 bridgehead atoms. The number of benzene rings is 3. The molecule has 0 atom stereocenters. The number of nitrogens with zero attached hydrogens (tertiary/aromatic N) is 2. The lowest BCUT2D eigenvalue weighted by Gasteiger charge is -2.13. The summed E-state index contributed by atoms with van der Waals surface area (Å²) in [6.07, 6.45) is 3.25. The van der Waals surface area contributed by atoms with Crippen molar-refractivity contribution in [3.63, 3.8) is 0 Å². The summed E-state index contributed by atoms with van der Waals surface area (Å²) in [7, 11) is 0. The Labute approximate surface area is 166 Å². The molecule has 4 rings (SSSR count). The lowest BCUT2D eigenvalue weighted by atomic mass is 10.1. The topological polar surface area (TPSA) is 34.9 Å². The van der Waals surface area contributed by atoms with Gasteiger partial charge in [0.15, 0.2) is 11.6 Å². The van der Waals surface area contributed by atoms with Crippen molar-refractivity contribution in [2.75, 3.05) is 0 Å². The van der Waals surface area contributed by atoms with Gasteiger partial charge in [0.05, 0.1) is 16.6 Å². The standard InChI is InChI=1S/C24H18F2N2O/c1-15-11-16(2)13-18(12-15)28-23(10-8-17-7-9-20(25)21(26)14-17)27-22-6-4-3-5-19(22)24(28)29/h3-14H,1-2H3/b10-8-. The molecule has 1 heterocycles. The third-order valence-corrected chi connectivity index (χ3v) is 4.63. The van der Waals surface area contributed by atoms with E-state index in [4.69, 9.17) is 0 Å². The molecule has 0 aliphatic heterocycles. The Balaban J connectivity index is 1.95. The summed E-state index contributed by atoms with van der Waals surface area (Å²) in [5.74, 6) is -1.42. The molecule has 0 N–H and O–H groups in total. The third kappa shape index (κ3) is 3.72. The molecular formula is C24H18F2N2O. The normalized spacial score (nSPS) is 11.4. The van der Waals surface area contributed by atoms with Gasteiger partial charge in [-0.25, -0.2) is 13.8 Å². The number of aryl methyl sites for hydroxylation is 2. The average Bonchev–Trinajstić information content (AvgIpc) is 2.68. The van der Waals surface area contributed by atoms with Gasteiger partial charge < -0.3 is 0 Å². The minimum absolute atomic E-state index is 0.189. The van der Waals surface area contributed by atoms with Crippen molar-refractivity contribution < 1.29 is 8.78 Å². The Bertz CT molecular complexity index is 1300.